The fraction of sp³-hybridized carbons (Fsp3) is 0.571. The van der Waals surface area contributed by atoms with Gasteiger partial charge in [0, 0.05) is 0 Å². The Morgan fingerprint density at radius 1 is 1.33 bits per heavy atom. The molecule has 2 amide bonds. The standard InChI is InChI=1S/C7H12N2O2S/c1-2-3-12-7-8-5(10)4-6(11)9-7/h12H,2-4H2,1H3,(H,8,10)(H,9,11). The van der Waals surface area contributed by atoms with E-state index in [9.17, 15) is 9.59 Å². The first-order valence-electron chi connectivity index (χ1n) is 3.86. The summed E-state index contributed by atoms with van der Waals surface area (Å²) in [5.41, 5.74) is 0. The van der Waals surface area contributed by atoms with E-state index in [4.69, 9.17) is 0 Å². The maximum Gasteiger partial charge on any atom is 0.235 e. The molecule has 12 heavy (non-hydrogen) atoms. The van der Waals surface area contributed by atoms with Gasteiger partial charge in [0.1, 0.15) is 11.5 Å². The summed E-state index contributed by atoms with van der Waals surface area (Å²) in [4.78, 5) is 21.7. The number of rotatable bonds is 2. The van der Waals surface area contributed by atoms with Gasteiger partial charge in [0.15, 0.2) is 0 Å². The minimum absolute atomic E-state index is 0.0505. The lowest BCUT2D eigenvalue weighted by Crippen LogP contribution is -2.50. The summed E-state index contributed by atoms with van der Waals surface area (Å²) in [6.07, 6.45) is 0.988. The van der Waals surface area contributed by atoms with E-state index in [1.807, 2.05) is 0 Å². The van der Waals surface area contributed by atoms with Gasteiger partial charge in [-0.15, -0.1) is 0 Å². The number of carbonyl (C=O) groups is 2. The largest absolute Gasteiger partial charge is 0.307 e. The van der Waals surface area contributed by atoms with Crippen molar-refractivity contribution in [2.75, 3.05) is 5.75 Å². The molecule has 0 unspecified atom stereocenters. The topological polar surface area (TPSA) is 58.2 Å². The zero-order valence-electron chi connectivity index (χ0n) is 6.89. The quantitative estimate of drug-likeness (QED) is 0.313. The molecule has 1 rings (SSSR count). The highest BCUT2D eigenvalue weighted by molar-refractivity contribution is 7.98. The van der Waals surface area contributed by atoms with Gasteiger partial charge in [-0.05, 0) is 12.2 Å². The molecule has 0 aromatic carbocycles. The number of amides is 2. The third-order valence-corrected chi connectivity index (χ3v) is 2.54. The van der Waals surface area contributed by atoms with Crippen molar-refractivity contribution in [2.24, 2.45) is 0 Å². The number of hydrogen-bond acceptors (Lipinski definition) is 2. The predicted octanol–water partition coefficient (Wildman–Crippen LogP) is -0.415. The van der Waals surface area contributed by atoms with Gasteiger partial charge in [0.05, 0.1) is 0 Å². The summed E-state index contributed by atoms with van der Waals surface area (Å²) in [6, 6.07) is 0. The van der Waals surface area contributed by atoms with Crippen molar-refractivity contribution < 1.29 is 9.59 Å². The van der Waals surface area contributed by atoms with Crippen LogP contribution in [0.2, 0.25) is 0 Å². The Balaban J connectivity index is 2.55. The highest BCUT2D eigenvalue weighted by Crippen LogP contribution is 1.95. The second-order valence-corrected chi connectivity index (χ2v) is 3.71. The second-order valence-electron chi connectivity index (χ2n) is 2.50. The molecule has 1 aliphatic heterocycles. The number of nitrogens with one attached hydrogen (secondary N) is 2. The minimum Gasteiger partial charge on any atom is -0.307 e. The average Bonchev–Trinajstić information content (AvgIpc) is 1.99. The third-order valence-electron chi connectivity index (χ3n) is 1.33. The van der Waals surface area contributed by atoms with Crippen molar-refractivity contribution in [3.63, 3.8) is 0 Å². The summed E-state index contributed by atoms with van der Waals surface area (Å²) in [5.74, 6) is 0.533. The SMILES string of the molecule is CCC[SH]=C1NC(=O)CC(=O)N1. The third kappa shape index (κ3) is 2.65. The van der Waals surface area contributed by atoms with E-state index < -0.39 is 0 Å². The van der Waals surface area contributed by atoms with Gasteiger partial charge >= 0.3 is 0 Å². The monoisotopic (exact) mass is 188 g/mol. The molecule has 1 aliphatic rings. The molecule has 0 aliphatic carbocycles. The van der Waals surface area contributed by atoms with Crippen molar-refractivity contribution in [3.05, 3.63) is 0 Å². The van der Waals surface area contributed by atoms with E-state index in [0.29, 0.717) is 5.11 Å². The lowest BCUT2D eigenvalue weighted by atomic mass is 10.3. The van der Waals surface area contributed by atoms with E-state index in [0.717, 1.165) is 23.5 Å². The van der Waals surface area contributed by atoms with Gasteiger partial charge in [0.25, 0.3) is 0 Å². The van der Waals surface area contributed by atoms with Crippen LogP contribution in [0.25, 0.3) is 0 Å². The van der Waals surface area contributed by atoms with Gasteiger partial charge in [0.2, 0.25) is 11.8 Å². The van der Waals surface area contributed by atoms with Gasteiger partial charge in [-0.1, -0.05) is 6.92 Å². The zero-order valence-corrected chi connectivity index (χ0v) is 7.78. The Kier molecular flexibility index (Phi) is 3.28. The fourth-order valence-electron chi connectivity index (χ4n) is 0.832. The Morgan fingerprint density at radius 3 is 2.42 bits per heavy atom. The second kappa shape index (κ2) is 4.25. The first-order chi connectivity index (χ1) is 5.72. The first-order valence-corrected chi connectivity index (χ1v) is 4.94. The van der Waals surface area contributed by atoms with Gasteiger partial charge in [-0.2, -0.15) is 11.4 Å². The van der Waals surface area contributed by atoms with Crippen LogP contribution in [0.3, 0.4) is 0 Å². The van der Waals surface area contributed by atoms with Crippen LogP contribution in [0, 0.1) is 0 Å². The van der Waals surface area contributed by atoms with Gasteiger partial charge < -0.3 is 10.6 Å². The summed E-state index contributed by atoms with van der Waals surface area (Å²) >= 11 is 0.982. The summed E-state index contributed by atoms with van der Waals surface area (Å²) < 4.78 is 0. The molecule has 0 radical (unpaired) electrons. The highest BCUT2D eigenvalue weighted by atomic mass is 32.1. The van der Waals surface area contributed by atoms with Crippen molar-refractivity contribution in [1.82, 2.24) is 10.6 Å². The maximum absolute atomic E-state index is 10.8. The Hall–Kier alpha value is -0.840. The molecule has 1 fully saturated rings. The van der Waals surface area contributed by atoms with E-state index >= 15 is 0 Å². The van der Waals surface area contributed by atoms with Crippen LogP contribution in [0.1, 0.15) is 19.8 Å². The predicted molar refractivity (Wildman–Crippen MR) is 50.1 cm³/mol. The number of thiol groups is 1. The molecule has 1 heterocycles. The van der Waals surface area contributed by atoms with Gasteiger partial charge in [-0.3, -0.25) is 9.59 Å². The summed E-state index contributed by atoms with van der Waals surface area (Å²) in [6.45, 7) is 2.06. The lowest BCUT2D eigenvalue weighted by molar-refractivity contribution is -0.129. The Morgan fingerprint density at radius 2 is 1.92 bits per heavy atom. The molecule has 1 saturated heterocycles. The summed E-state index contributed by atoms with van der Waals surface area (Å²) in [7, 11) is 0. The van der Waals surface area contributed by atoms with Crippen LogP contribution in [0.15, 0.2) is 0 Å². The fourth-order valence-corrected chi connectivity index (χ4v) is 1.69. The Bertz CT molecular complexity index is 220. The van der Waals surface area contributed by atoms with Crippen LogP contribution in [0.4, 0.5) is 0 Å². The van der Waals surface area contributed by atoms with Crippen LogP contribution in [-0.4, -0.2) is 22.7 Å². The lowest BCUT2D eigenvalue weighted by Gasteiger charge is -2.15. The molecular weight excluding hydrogens is 176 g/mol. The molecule has 2 N–H and O–H groups in total. The zero-order chi connectivity index (χ0) is 8.97. The molecule has 0 aromatic rings. The van der Waals surface area contributed by atoms with Crippen LogP contribution < -0.4 is 10.6 Å². The minimum atomic E-state index is -0.211. The van der Waals surface area contributed by atoms with E-state index in [1.165, 1.54) is 0 Å². The molecular formula is C7H12N2O2S. The molecule has 68 valence electrons. The highest BCUT2D eigenvalue weighted by Gasteiger charge is 2.17. The molecule has 0 spiro atoms. The number of hydrogen-bond donors (Lipinski definition) is 3. The smallest absolute Gasteiger partial charge is 0.235 e. The average molecular weight is 188 g/mol. The molecule has 4 nitrogen and oxygen atoms in total. The molecule has 5 heteroatoms. The first kappa shape index (κ1) is 9.25. The maximum atomic E-state index is 10.8. The van der Waals surface area contributed by atoms with Crippen molar-refractivity contribution >= 4 is 28.3 Å². The molecule has 0 atom stereocenters. The van der Waals surface area contributed by atoms with E-state index in [1.54, 1.807) is 0 Å². The van der Waals surface area contributed by atoms with Crippen LogP contribution in [0.5, 0.6) is 0 Å². The normalized spacial score (nSPS) is 17.2. The van der Waals surface area contributed by atoms with Crippen LogP contribution in [-0.2, 0) is 9.59 Å². The van der Waals surface area contributed by atoms with Gasteiger partial charge in [-0.25, -0.2) is 0 Å². The molecule has 0 bridgehead atoms. The van der Waals surface area contributed by atoms with Crippen molar-refractivity contribution in [2.45, 2.75) is 19.8 Å². The van der Waals surface area contributed by atoms with Crippen molar-refractivity contribution in [3.8, 4) is 0 Å². The Labute approximate surface area is 74.7 Å². The number of carbonyl (C=O) groups excluding carboxylic acids is 2. The summed E-state index contributed by atoms with van der Waals surface area (Å²) in [5, 5.41) is 5.85. The van der Waals surface area contributed by atoms with E-state index in [-0.39, 0.29) is 18.2 Å². The van der Waals surface area contributed by atoms with Crippen molar-refractivity contribution in [1.29, 1.82) is 0 Å². The van der Waals surface area contributed by atoms with Crippen LogP contribution >= 0.6 is 11.4 Å². The van der Waals surface area contributed by atoms with E-state index in [2.05, 4.69) is 17.6 Å². The molecule has 0 saturated carbocycles. The molecule has 0 aromatic heterocycles.